The average Bonchev–Trinajstić information content (AvgIpc) is 2.76. The lowest BCUT2D eigenvalue weighted by molar-refractivity contribution is 0.334. The Morgan fingerprint density at radius 2 is 2.11 bits per heavy atom. The van der Waals surface area contributed by atoms with Crippen molar-refractivity contribution in [3.8, 4) is 0 Å². The average molecular weight is 301 g/mol. The monoisotopic (exact) mass is 300 g/mol. The maximum absolute atomic E-state index is 11.9. The number of hydrogen-bond acceptors (Lipinski definition) is 4. The molecule has 1 fully saturated rings. The highest BCUT2D eigenvalue weighted by atomic mass is 35.5. The number of thioether (sulfide) groups is 1. The number of rotatable bonds is 2. The van der Waals surface area contributed by atoms with Crippen LogP contribution in [0.4, 0.5) is 0 Å². The van der Waals surface area contributed by atoms with Crippen LogP contribution in [0.1, 0.15) is 38.1 Å². The summed E-state index contributed by atoms with van der Waals surface area (Å²) in [5.74, 6) is 0. The minimum atomic E-state index is -0.0803. The molecule has 19 heavy (non-hydrogen) atoms. The van der Waals surface area contributed by atoms with Crippen molar-refractivity contribution in [3.05, 3.63) is 16.6 Å². The molecular formula is C12H17ClN4OS. The lowest BCUT2D eigenvalue weighted by Gasteiger charge is -2.22. The maximum atomic E-state index is 11.9. The van der Waals surface area contributed by atoms with Crippen LogP contribution in [0.2, 0.25) is 0 Å². The Morgan fingerprint density at radius 1 is 1.37 bits per heavy atom. The van der Waals surface area contributed by atoms with Gasteiger partial charge in [-0.25, -0.2) is 9.97 Å². The fourth-order valence-electron chi connectivity index (χ4n) is 2.63. The summed E-state index contributed by atoms with van der Waals surface area (Å²) in [7, 11) is 0. The lowest BCUT2D eigenvalue weighted by Crippen LogP contribution is -2.16. The standard InChI is InChI=1S/C12H16N4OS.ClH/c1-18-12-13-7-9-10(14-12)16(15-11(9)17)8-5-3-2-4-6-8;/h7-8H,2-6H2,1H3,(H,15,17);1H. The van der Waals surface area contributed by atoms with Gasteiger partial charge < -0.3 is 0 Å². The van der Waals surface area contributed by atoms with E-state index in [0.29, 0.717) is 16.6 Å². The molecule has 0 unspecified atom stereocenters. The van der Waals surface area contributed by atoms with Gasteiger partial charge in [-0.05, 0) is 19.1 Å². The first kappa shape index (κ1) is 14.4. The summed E-state index contributed by atoms with van der Waals surface area (Å²) in [6.07, 6.45) is 9.57. The molecule has 3 rings (SSSR count). The molecule has 0 saturated heterocycles. The third-order valence-electron chi connectivity index (χ3n) is 3.56. The van der Waals surface area contributed by atoms with Gasteiger partial charge >= 0.3 is 0 Å². The zero-order chi connectivity index (χ0) is 12.5. The molecule has 0 aliphatic heterocycles. The van der Waals surface area contributed by atoms with Crippen LogP contribution in [0.15, 0.2) is 16.1 Å². The summed E-state index contributed by atoms with van der Waals surface area (Å²) in [5, 5.41) is 4.23. The molecule has 0 bridgehead atoms. The van der Waals surface area contributed by atoms with Gasteiger partial charge in [0.25, 0.3) is 5.56 Å². The Labute approximate surface area is 121 Å². The van der Waals surface area contributed by atoms with Crippen molar-refractivity contribution in [3.63, 3.8) is 0 Å². The smallest absolute Gasteiger partial charge is 0.267 e. The van der Waals surface area contributed by atoms with Gasteiger partial charge in [-0.15, -0.1) is 12.4 Å². The van der Waals surface area contributed by atoms with Crippen molar-refractivity contribution in [1.82, 2.24) is 19.7 Å². The molecule has 2 heterocycles. The van der Waals surface area contributed by atoms with Crippen LogP contribution >= 0.6 is 24.2 Å². The van der Waals surface area contributed by atoms with Gasteiger partial charge in [-0.3, -0.25) is 14.6 Å². The Balaban J connectivity index is 0.00000133. The van der Waals surface area contributed by atoms with Crippen LogP contribution in [-0.4, -0.2) is 26.0 Å². The first-order valence-electron chi connectivity index (χ1n) is 6.31. The maximum Gasteiger partial charge on any atom is 0.275 e. The van der Waals surface area contributed by atoms with E-state index in [1.54, 1.807) is 6.20 Å². The molecule has 2 aromatic rings. The van der Waals surface area contributed by atoms with Crippen molar-refractivity contribution in [2.24, 2.45) is 0 Å². The predicted octanol–water partition coefficient (Wildman–Crippen LogP) is 2.77. The van der Waals surface area contributed by atoms with E-state index >= 15 is 0 Å². The molecule has 0 atom stereocenters. The van der Waals surface area contributed by atoms with Gasteiger partial charge in [-0.2, -0.15) is 0 Å². The van der Waals surface area contributed by atoms with Gasteiger partial charge in [0.1, 0.15) is 5.39 Å². The molecule has 7 heteroatoms. The van der Waals surface area contributed by atoms with Crippen molar-refractivity contribution in [1.29, 1.82) is 0 Å². The van der Waals surface area contributed by atoms with E-state index in [4.69, 9.17) is 0 Å². The third kappa shape index (κ3) is 2.65. The van der Waals surface area contributed by atoms with E-state index in [2.05, 4.69) is 15.1 Å². The van der Waals surface area contributed by atoms with Crippen molar-refractivity contribution in [2.75, 3.05) is 6.26 Å². The second-order valence-corrected chi connectivity index (χ2v) is 5.47. The fraction of sp³-hybridized carbons (Fsp3) is 0.583. The Kier molecular flexibility index (Phi) is 4.52. The number of aromatic amines is 1. The Hall–Kier alpha value is -1.01. The van der Waals surface area contributed by atoms with Gasteiger partial charge in [0, 0.05) is 6.20 Å². The van der Waals surface area contributed by atoms with Gasteiger partial charge in [0.15, 0.2) is 10.8 Å². The number of hydrogen-bond donors (Lipinski definition) is 1. The molecule has 0 radical (unpaired) electrons. The van der Waals surface area contributed by atoms with Crippen molar-refractivity contribution >= 4 is 35.2 Å². The van der Waals surface area contributed by atoms with Crippen molar-refractivity contribution < 1.29 is 0 Å². The molecule has 1 N–H and O–H groups in total. The van der Waals surface area contributed by atoms with Gasteiger partial charge in [-0.1, -0.05) is 31.0 Å². The second kappa shape index (κ2) is 5.96. The molecule has 1 aliphatic carbocycles. The number of halogens is 1. The van der Waals surface area contributed by atoms with Crippen LogP contribution in [0.3, 0.4) is 0 Å². The largest absolute Gasteiger partial charge is 0.275 e. The molecule has 0 aromatic carbocycles. The Bertz CT molecular complexity index is 618. The number of aromatic nitrogens is 4. The fourth-order valence-corrected chi connectivity index (χ4v) is 2.96. The first-order chi connectivity index (χ1) is 8.79. The highest BCUT2D eigenvalue weighted by Crippen LogP contribution is 2.29. The molecule has 1 aliphatic rings. The molecule has 0 amide bonds. The molecule has 5 nitrogen and oxygen atoms in total. The minimum Gasteiger partial charge on any atom is -0.267 e. The number of H-pyrrole nitrogens is 1. The number of nitrogens with zero attached hydrogens (tertiary/aromatic N) is 3. The summed E-state index contributed by atoms with van der Waals surface area (Å²) in [5.41, 5.74) is 0.675. The van der Waals surface area contributed by atoms with Crippen molar-refractivity contribution in [2.45, 2.75) is 43.3 Å². The molecule has 104 valence electrons. The van der Waals surface area contributed by atoms with Crippen LogP contribution in [0, 0.1) is 0 Å². The van der Waals surface area contributed by atoms with E-state index in [1.807, 2.05) is 10.9 Å². The van der Waals surface area contributed by atoms with E-state index in [9.17, 15) is 4.79 Å². The highest BCUT2D eigenvalue weighted by molar-refractivity contribution is 7.98. The van der Waals surface area contributed by atoms with Gasteiger partial charge in [0.2, 0.25) is 0 Å². The van der Waals surface area contributed by atoms with E-state index in [0.717, 1.165) is 18.5 Å². The summed E-state index contributed by atoms with van der Waals surface area (Å²) < 4.78 is 1.96. The lowest BCUT2D eigenvalue weighted by atomic mass is 9.96. The summed E-state index contributed by atoms with van der Waals surface area (Å²) in [6, 6.07) is 0.383. The van der Waals surface area contributed by atoms with E-state index in [-0.39, 0.29) is 18.0 Å². The topological polar surface area (TPSA) is 63.6 Å². The van der Waals surface area contributed by atoms with Crippen LogP contribution in [-0.2, 0) is 0 Å². The van der Waals surface area contributed by atoms with Crippen LogP contribution in [0.25, 0.3) is 11.0 Å². The minimum absolute atomic E-state index is 0. The quantitative estimate of drug-likeness (QED) is 0.684. The number of nitrogens with one attached hydrogen (secondary N) is 1. The highest BCUT2D eigenvalue weighted by Gasteiger charge is 2.20. The molecular weight excluding hydrogens is 284 g/mol. The van der Waals surface area contributed by atoms with Crippen LogP contribution < -0.4 is 5.56 Å². The number of fused-ring (bicyclic) bond motifs is 1. The second-order valence-electron chi connectivity index (χ2n) is 4.70. The SMILES string of the molecule is CSc1ncc2c(=O)[nH]n(C3CCCCC3)c2n1.Cl. The van der Waals surface area contributed by atoms with E-state index in [1.165, 1.54) is 31.0 Å². The zero-order valence-electron chi connectivity index (χ0n) is 10.8. The summed E-state index contributed by atoms with van der Waals surface area (Å²) in [4.78, 5) is 20.5. The summed E-state index contributed by atoms with van der Waals surface area (Å²) in [6.45, 7) is 0. The van der Waals surface area contributed by atoms with Gasteiger partial charge in [0.05, 0.1) is 6.04 Å². The zero-order valence-corrected chi connectivity index (χ0v) is 12.4. The predicted molar refractivity (Wildman–Crippen MR) is 79.3 cm³/mol. The third-order valence-corrected chi connectivity index (χ3v) is 4.13. The molecule has 0 spiro atoms. The van der Waals surface area contributed by atoms with E-state index < -0.39 is 0 Å². The normalized spacial score (nSPS) is 16.5. The van der Waals surface area contributed by atoms with Crippen LogP contribution in [0.5, 0.6) is 0 Å². The Morgan fingerprint density at radius 3 is 2.79 bits per heavy atom. The first-order valence-corrected chi connectivity index (χ1v) is 7.53. The molecule has 2 aromatic heterocycles. The summed E-state index contributed by atoms with van der Waals surface area (Å²) >= 11 is 1.50. The molecule has 1 saturated carbocycles.